The van der Waals surface area contributed by atoms with Gasteiger partial charge in [0.25, 0.3) is 0 Å². The van der Waals surface area contributed by atoms with Crippen LogP contribution in [0.1, 0.15) is 63.5 Å². The summed E-state index contributed by atoms with van der Waals surface area (Å²) in [6, 6.07) is 12.9. The van der Waals surface area contributed by atoms with Gasteiger partial charge in [0.15, 0.2) is 11.5 Å². The molecule has 0 aliphatic heterocycles. The predicted molar refractivity (Wildman–Crippen MR) is 152 cm³/mol. The van der Waals surface area contributed by atoms with Crippen LogP contribution >= 0.6 is 0 Å². The molecule has 2 N–H and O–H groups in total. The number of Topliss-reactive ketones (excluding diaryl/α,β-unsaturated/α-hetero) is 2. The van der Waals surface area contributed by atoms with Crippen molar-refractivity contribution in [1.29, 1.82) is 0 Å². The van der Waals surface area contributed by atoms with Gasteiger partial charge in [-0.2, -0.15) is 0 Å². The van der Waals surface area contributed by atoms with E-state index in [0.29, 0.717) is 22.6 Å². The first-order valence-electron chi connectivity index (χ1n) is 13.5. The molecule has 3 rings (SSSR count). The summed E-state index contributed by atoms with van der Waals surface area (Å²) in [5.41, 5.74) is -0.104. The van der Waals surface area contributed by atoms with Crippen LogP contribution in [0.4, 0.5) is 0 Å². The molecule has 1 aliphatic carbocycles. The lowest BCUT2D eigenvalue weighted by molar-refractivity contribution is -0.142. The van der Waals surface area contributed by atoms with Crippen LogP contribution in [0.3, 0.4) is 0 Å². The van der Waals surface area contributed by atoms with Crippen molar-refractivity contribution >= 4 is 23.5 Å². The van der Waals surface area contributed by atoms with Gasteiger partial charge in [0.2, 0.25) is 11.6 Å². The standard InChI is InChI=1S/C32H36O10/c1-17(2)41-21-11-7-19(8-12-21)23(15-25(33)39-5)27-29(35)31(37)28(32(38)30(27)36)24(16-26(34)40-6)20-9-13-22(14-10-20)42-18(3)4/h7-14,17-18,23-24,35,38H,15-16H2,1-6H3/t23-,24+. The Morgan fingerprint density at radius 3 is 1.19 bits per heavy atom. The number of benzene rings is 2. The van der Waals surface area contributed by atoms with E-state index in [1.807, 2.05) is 27.7 Å². The highest BCUT2D eigenvalue weighted by molar-refractivity contribution is 6.24. The Bertz CT molecular complexity index is 1270. The maximum atomic E-state index is 13.7. The summed E-state index contributed by atoms with van der Waals surface area (Å²) in [6.07, 6.45) is -0.984. The molecule has 0 radical (unpaired) electrons. The van der Waals surface area contributed by atoms with Gasteiger partial charge in [-0.25, -0.2) is 0 Å². The van der Waals surface area contributed by atoms with Gasteiger partial charge in [-0.05, 0) is 63.1 Å². The molecule has 0 amide bonds. The van der Waals surface area contributed by atoms with Gasteiger partial charge in [-0.15, -0.1) is 0 Å². The highest BCUT2D eigenvalue weighted by Crippen LogP contribution is 2.41. The van der Waals surface area contributed by atoms with E-state index >= 15 is 0 Å². The molecule has 0 saturated heterocycles. The minimum atomic E-state index is -1.13. The zero-order chi connectivity index (χ0) is 31.1. The van der Waals surface area contributed by atoms with Crippen molar-refractivity contribution in [2.45, 2.75) is 64.6 Å². The van der Waals surface area contributed by atoms with Crippen molar-refractivity contribution in [2.75, 3.05) is 14.2 Å². The number of ether oxygens (including phenoxy) is 4. The number of hydrogen-bond donors (Lipinski definition) is 2. The molecule has 2 aromatic rings. The van der Waals surface area contributed by atoms with Crippen molar-refractivity contribution in [3.05, 3.63) is 82.3 Å². The summed E-state index contributed by atoms with van der Waals surface area (Å²) in [4.78, 5) is 52.0. The normalized spacial score (nSPS) is 15.1. The van der Waals surface area contributed by atoms with Crippen molar-refractivity contribution in [1.82, 2.24) is 0 Å². The molecule has 10 heteroatoms. The number of hydrogen-bond acceptors (Lipinski definition) is 10. The van der Waals surface area contributed by atoms with E-state index in [-0.39, 0.29) is 12.2 Å². The molecule has 0 spiro atoms. The van der Waals surface area contributed by atoms with Gasteiger partial charge in [0, 0.05) is 11.8 Å². The summed E-state index contributed by atoms with van der Waals surface area (Å²) >= 11 is 0. The molecular weight excluding hydrogens is 544 g/mol. The number of allylic oxidation sites excluding steroid dienone is 2. The van der Waals surface area contributed by atoms with E-state index in [1.54, 1.807) is 48.5 Å². The second kappa shape index (κ2) is 13.8. The monoisotopic (exact) mass is 580 g/mol. The summed E-state index contributed by atoms with van der Waals surface area (Å²) in [5, 5.41) is 22.3. The Kier molecular flexibility index (Phi) is 10.5. The van der Waals surface area contributed by atoms with Crippen LogP contribution in [0.2, 0.25) is 0 Å². The number of aliphatic hydroxyl groups is 2. The second-order valence-electron chi connectivity index (χ2n) is 10.3. The molecule has 0 bridgehead atoms. The van der Waals surface area contributed by atoms with Crippen LogP contribution in [0.25, 0.3) is 0 Å². The molecule has 0 unspecified atom stereocenters. The van der Waals surface area contributed by atoms with Crippen LogP contribution in [0, 0.1) is 0 Å². The number of esters is 2. The van der Waals surface area contributed by atoms with Gasteiger partial charge >= 0.3 is 11.9 Å². The minimum Gasteiger partial charge on any atom is -0.504 e. The van der Waals surface area contributed by atoms with Crippen LogP contribution in [0.5, 0.6) is 11.5 Å². The van der Waals surface area contributed by atoms with Gasteiger partial charge in [0.1, 0.15) is 11.5 Å². The van der Waals surface area contributed by atoms with E-state index in [9.17, 15) is 29.4 Å². The lowest BCUT2D eigenvalue weighted by Crippen LogP contribution is -2.31. The third kappa shape index (κ3) is 7.37. The zero-order valence-electron chi connectivity index (χ0n) is 24.5. The van der Waals surface area contributed by atoms with Gasteiger partial charge in [-0.1, -0.05) is 24.3 Å². The summed E-state index contributed by atoms with van der Waals surface area (Å²) in [7, 11) is 2.34. The fourth-order valence-electron chi connectivity index (χ4n) is 4.74. The third-order valence-electron chi connectivity index (χ3n) is 6.63. The summed E-state index contributed by atoms with van der Waals surface area (Å²) in [5.74, 6) is -6.55. The Morgan fingerprint density at radius 2 is 0.929 bits per heavy atom. The average Bonchev–Trinajstić information content (AvgIpc) is 2.95. The molecule has 0 aromatic heterocycles. The lowest BCUT2D eigenvalue weighted by atomic mass is 9.76. The Hall–Kier alpha value is -4.60. The van der Waals surface area contributed by atoms with Gasteiger partial charge in [-0.3, -0.25) is 19.2 Å². The maximum Gasteiger partial charge on any atom is 0.306 e. The molecule has 0 saturated carbocycles. The molecule has 42 heavy (non-hydrogen) atoms. The van der Waals surface area contributed by atoms with Gasteiger partial charge < -0.3 is 29.2 Å². The zero-order valence-corrected chi connectivity index (χ0v) is 24.5. The van der Waals surface area contributed by atoms with Crippen molar-refractivity contribution < 1.29 is 48.3 Å². The van der Waals surface area contributed by atoms with Gasteiger partial charge in [0.05, 0.1) is 50.4 Å². The largest absolute Gasteiger partial charge is 0.504 e. The van der Waals surface area contributed by atoms with Crippen LogP contribution in [-0.2, 0) is 28.7 Å². The number of carbonyl (C=O) groups excluding carboxylic acids is 4. The van der Waals surface area contributed by atoms with E-state index in [2.05, 4.69) is 0 Å². The number of rotatable bonds is 12. The topological polar surface area (TPSA) is 146 Å². The Labute approximate surface area is 244 Å². The highest BCUT2D eigenvalue weighted by Gasteiger charge is 2.43. The number of ketones is 2. The maximum absolute atomic E-state index is 13.7. The predicted octanol–water partition coefficient (Wildman–Crippen LogP) is 5.03. The average molecular weight is 581 g/mol. The number of carbonyl (C=O) groups is 4. The molecule has 0 fully saturated rings. The van der Waals surface area contributed by atoms with Crippen LogP contribution in [0.15, 0.2) is 71.2 Å². The van der Waals surface area contributed by atoms with Crippen LogP contribution < -0.4 is 9.47 Å². The highest BCUT2D eigenvalue weighted by atomic mass is 16.5. The fraction of sp³-hybridized carbons (Fsp3) is 0.375. The Morgan fingerprint density at radius 1 is 0.619 bits per heavy atom. The summed E-state index contributed by atoms with van der Waals surface area (Å²) < 4.78 is 20.9. The minimum absolute atomic E-state index is 0.0941. The first-order chi connectivity index (χ1) is 19.9. The fourth-order valence-corrected chi connectivity index (χ4v) is 4.74. The molecular formula is C32H36O10. The molecule has 224 valence electrons. The Balaban J connectivity index is 2.09. The number of methoxy groups -OCH3 is 2. The smallest absolute Gasteiger partial charge is 0.306 e. The van der Waals surface area contributed by atoms with E-state index < -0.39 is 70.8 Å². The second-order valence-corrected chi connectivity index (χ2v) is 10.3. The molecule has 0 heterocycles. The van der Waals surface area contributed by atoms with E-state index in [4.69, 9.17) is 18.9 Å². The quantitative estimate of drug-likeness (QED) is 0.259. The number of aliphatic hydroxyl groups excluding tert-OH is 2. The van der Waals surface area contributed by atoms with Crippen molar-refractivity contribution in [2.24, 2.45) is 0 Å². The molecule has 2 atom stereocenters. The SMILES string of the molecule is COC(=O)C[C@H](C1=C(O)C(=O)C([C@H](CC(=O)OC)c2ccc(OC(C)C)cc2)=C(O)C1=O)c1ccc(OC(C)C)cc1. The van der Waals surface area contributed by atoms with Crippen LogP contribution in [-0.4, -0.2) is 60.1 Å². The summed E-state index contributed by atoms with van der Waals surface area (Å²) in [6.45, 7) is 7.43. The first kappa shape index (κ1) is 31.9. The van der Waals surface area contributed by atoms with E-state index in [1.165, 1.54) is 14.2 Å². The first-order valence-corrected chi connectivity index (χ1v) is 13.5. The van der Waals surface area contributed by atoms with Crippen molar-refractivity contribution in [3.8, 4) is 11.5 Å². The molecule has 10 nitrogen and oxygen atoms in total. The third-order valence-corrected chi connectivity index (χ3v) is 6.63. The lowest BCUT2D eigenvalue weighted by Gasteiger charge is -2.27. The molecule has 1 aliphatic rings. The molecule has 2 aromatic carbocycles. The van der Waals surface area contributed by atoms with E-state index in [0.717, 1.165) is 0 Å². The van der Waals surface area contributed by atoms with Crippen molar-refractivity contribution in [3.63, 3.8) is 0 Å².